The van der Waals surface area contributed by atoms with Crippen molar-refractivity contribution in [1.29, 1.82) is 0 Å². The van der Waals surface area contributed by atoms with Gasteiger partial charge in [0, 0.05) is 17.1 Å². The van der Waals surface area contributed by atoms with E-state index in [2.05, 4.69) is 29.5 Å². The summed E-state index contributed by atoms with van der Waals surface area (Å²) in [6, 6.07) is 33.8. The summed E-state index contributed by atoms with van der Waals surface area (Å²) in [5, 5.41) is 2.04. The SMILES string of the molecule is [2H]C([2H])([2H])c1cnc(-c2[c-]ccc3c2oc2ccccc23)cc1C(C)C.[2H]C1(c2ccc3c(c2)n(-c2[c-]cccc2)[c-][n+]3C([2H])([2H])C)CCC2(CCCCC2)CC1.[Ir+3]. The average molecular weight is 870 g/mol. The Morgan fingerprint density at radius 3 is 2.52 bits per heavy atom. The van der Waals surface area contributed by atoms with Crippen LogP contribution < -0.4 is 4.57 Å². The number of pyridine rings is 1. The number of benzene rings is 4. The molecule has 0 unspecified atom stereocenters. The molecule has 5 heteroatoms. The fraction of sp³-hybridized carbons (Fsp3) is 0.362. The van der Waals surface area contributed by atoms with Crippen molar-refractivity contribution in [2.45, 2.75) is 104 Å². The molecule has 9 rings (SSSR count). The number of aromatic nitrogens is 3. The van der Waals surface area contributed by atoms with Crippen LogP contribution in [0.15, 0.2) is 95.5 Å². The first-order valence-electron chi connectivity index (χ1n) is 21.5. The van der Waals surface area contributed by atoms with Crippen LogP contribution in [0.4, 0.5) is 0 Å². The van der Waals surface area contributed by atoms with Crippen molar-refractivity contribution in [1.82, 2.24) is 9.55 Å². The maximum absolute atomic E-state index is 9.34. The van der Waals surface area contributed by atoms with Crippen LogP contribution >= 0.6 is 0 Å². The van der Waals surface area contributed by atoms with Gasteiger partial charge >= 0.3 is 20.1 Å². The number of nitrogens with zero attached hydrogens (tertiary/aromatic N) is 3. The molecule has 0 N–H and O–H groups in total. The topological polar surface area (TPSA) is 34.8 Å². The fourth-order valence-corrected chi connectivity index (χ4v) is 8.33. The molecule has 0 aliphatic heterocycles. The van der Waals surface area contributed by atoms with Gasteiger partial charge in [0.05, 0.1) is 25.9 Å². The summed E-state index contributed by atoms with van der Waals surface area (Å²) < 4.78 is 58.6. The van der Waals surface area contributed by atoms with Gasteiger partial charge in [0.1, 0.15) is 5.58 Å². The molecule has 266 valence electrons. The molecule has 0 bridgehead atoms. The Labute approximate surface area is 331 Å². The first-order chi connectivity index (χ1) is 27.2. The number of fused-ring (bicyclic) bond motifs is 4. The smallest absolute Gasteiger partial charge is 0.501 e. The number of imidazole rings is 1. The molecule has 2 fully saturated rings. The first-order valence-corrected chi connectivity index (χ1v) is 18.5. The minimum atomic E-state index is -2.18. The molecule has 3 heterocycles. The summed E-state index contributed by atoms with van der Waals surface area (Å²) in [6.45, 7) is 1.77. The van der Waals surface area contributed by atoms with Crippen LogP contribution in [0.5, 0.6) is 0 Å². The number of furan rings is 1. The molecule has 4 aromatic carbocycles. The van der Waals surface area contributed by atoms with Crippen molar-refractivity contribution in [3.8, 4) is 16.9 Å². The van der Waals surface area contributed by atoms with Crippen molar-refractivity contribution in [2.75, 3.05) is 0 Å². The third-order valence-corrected chi connectivity index (χ3v) is 11.2. The molecule has 0 atom stereocenters. The standard InChI is InChI=1S/C26H31N2.C21H18NO.Ir/c1-2-27-20-28(23-9-5-3-6-10-23)25-19-22(11-12-24(25)27)21-13-17-26(18-14-21)15-7-4-8-16-26;1-13(2)18-11-19(22-12-14(18)3)17-9-6-8-16-15-7-4-5-10-20(15)23-21(16)17;/h3,5-6,9,11-12,19,21H,2,4,7-8,13-18H2,1H3;4-8,10-13H,1-3H3;/q2*-1;+3/i2D2,21D;3D3;. The van der Waals surface area contributed by atoms with Gasteiger partial charge in [-0.2, -0.15) is 30.3 Å². The van der Waals surface area contributed by atoms with Crippen LogP contribution in [0.3, 0.4) is 0 Å². The number of para-hydroxylation sites is 2. The van der Waals surface area contributed by atoms with Crippen LogP contribution in [0.1, 0.15) is 115 Å². The molecular weight excluding hydrogens is 815 g/mol. The summed E-state index contributed by atoms with van der Waals surface area (Å²) in [4.78, 5) is 4.43. The van der Waals surface area contributed by atoms with Gasteiger partial charge in [-0.1, -0.05) is 97.8 Å². The van der Waals surface area contributed by atoms with E-state index in [9.17, 15) is 1.37 Å². The van der Waals surface area contributed by atoms with Crippen molar-refractivity contribution in [2.24, 2.45) is 5.41 Å². The number of rotatable bonds is 5. The second kappa shape index (κ2) is 15.5. The monoisotopic (exact) mass is 870 g/mol. The zero-order valence-corrected chi connectivity index (χ0v) is 32.6. The molecule has 2 aliphatic carbocycles. The van der Waals surface area contributed by atoms with Gasteiger partial charge in [0.15, 0.2) is 0 Å². The van der Waals surface area contributed by atoms with Gasteiger partial charge in [-0.3, -0.25) is 0 Å². The molecule has 0 amide bonds. The Kier molecular flexibility index (Phi) is 8.77. The Balaban J connectivity index is 0.000000176. The number of aryl methyl sites for hydroxylation is 2. The minimum Gasteiger partial charge on any atom is -0.501 e. The van der Waals surface area contributed by atoms with Crippen molar-refractivity contribution >= 4 is 33.0 Å². The van der Waals surface area contributed by atoms with E-state index in [-0.39, 0.29) is 26.0 Å². The molecule has 3 aromatic heterocycles. The number of hydrogen-bond acceptors (Lipinski definition) is 2. The molecular formula is C47H49IrN3O+. The molecule has 7 aromatic rings. The Morgan fingerprint density at radius 1 is 0.962 bits per heavy atom. The summed E-state index contributed by atoms with van der Waals surface area (Å²) in [5.41, 5.74) is 8.06. The Hall–Kier alpha value is -4.05. The molecule has 0 saturated heterocycles. The zero-order chi connectivity index (χ0) is 40.2. The third kappa shape index (κ3) is 7.03. The molecule has 1 spiro atoms. The number of hydrogen-bond donors (Lipinski definition) is 0. The summed E-state index contributed by atoms with van der Waals surface area (Å²) >= 11 is 0. The predicted octanol–water partition coefficient (Wildman–Crippen LogP) is 12.0. The Bertz CT molecular complexity index is 2540. The van der Waals surface area contributed by atoms with E-state index in [1.54, 1.807) is 11.5 Å². The summed E-state index contributed by atoms with van der Waals surface area (Å²) in [7, 11) is 0. The second-order valence-electron chi connectivity index (χ2n) is 14.6. The van der Waals surface area contributed by atoms with Crippen LogP contribution in [-0.2, 0) is 26.6 Å². The van der Waals surface area contributed by atoms with Gasteiger partial charge in [0.2, 0.25) is 6.33 Å². The van der Waals surface area contributed by atoms with Crippen LogP contribution in [-0.4, -0.2) is 9.55 Å². The second-order valence-corrected chi connectivity index (χ2v) is 14.6. The van der Waals surface area contributed by atoms with Gasteiger partial charge in [-0.15, -0.1) is 18.2 Å². The van der Waals surface area contributed by atoms with Gasteiger partial charge in [-0.05, 0) is 92.4 Å². The predicted molar refractivity (Wildman–Crippen MR) is 208 cm³/mol. The van der Waals surface area contributed by atoms with Crippen LogP contribution in [0.2, 0.25) is 0 Å². The van der Waals surface area contributed by atoms with E-state index in [1.165, 1.54) is 38.3 Å². The molecule has 52 heavy (non-hydrogen) atoms. The minimum absolute atomic E-state index is 0. The van der Waals surface area contributed by atoms with E-state index < -0.39 is 19.2 Å². The van der Waals surface area contributed by atoms with E-state index in [4.69, 9.17) is 11.3 Å². The van der Waals surface area contributed by atoms with Gasteiger partial charge < -0.3 is 18.5 Å². The quantitative estimate of drug-likeness (QED) is 0.128. The molecule has 0 radical (unpaired) electrons. The van der Waals surface area contributed by atoms with Gasteiger partial charge in [-0.25, -0.2) is 0 Å². The van der Waals surface area contributed by atoms with E-state index >= 15 is 0 Å². The average Bonchev–Trinajstić information content (AvgIpc) is 3.79. The normalized spacial score (nSPS) is 18.8. The maximum atomic E-state index is 9.34. The third-order valence-electron chi connectivity index (χ3n) is 11.2. The molecule has 4 nitrogen and oxygen atoms in total. The fourth-order valence-electron chi connectivity index (χ4n) is 8.33. The van der Waals surface area contributed by atoms with Crippen molar-refractivity contribution in [3.63, 3.8) is 0 Å². The molecule has 2 aliphatic rings. The summed E-state index contributed by atoms with van der Waals surface area (Å²) in [6.07, 6.45) is 15.6. The van der Waals surface area contributed by atoms with Crippen LogP contribution in [0.25, 0.3) is 49.9 Å². The van der Waals surface area contributed by atoms with E-state index in [0.29, 0.717) is 16.7 Å². The first kappa shape index (κ1) is 29.4. The summed E-state index contributed by atoms with van der Waals surface area (Å²) in [5.74, 6) is -0.496. The van der Waals surface area contributed by atoms with Gasteiger partial charge in [0.25, 0.3) is 0 Å². The zero-order valence-electron chi connectivity index (χ0n) is 36.2. The van der Waals surface area contributed by atoms with Crippen LogP contribution in [0, 0.1) is 30.7 Å². The van der Waals surface area contributed by atoms with Crippen molar-refractivity contribution < 1.29 is 37.3 Å². The van der Waals surface area contributed by atoms with E-state index in [0.717, 1.165) is 81.0 Å². The van der Waals surface area contributed by atoms with Crippen molar-refractivity contribution in [3.05, 3.63) is 126 Å². The largest absolute Gasteiger partial charge is 3.00 e. The Morgan fingerprint density at radius 2 is 1.77 bits per heavy atom. The molecule has 2 saturated carbocycles. The van der Waals surface area contributed by atoms with E-state index in [1.807, 2.05) is 97.3 Å². The maximum Gasteiger partial charge on any atom is 3.00 e.